The maximum atomic E-state index is 11.2. The summed E-state index contributed by atoms with van der Waals surface area (Å²) in [6.45, 7) is 2.15. The van der Waals surface area contributed by atoms with E-state index in [2.05, 4.69) is 0 Å². The van der Waals surface area contributed by atoms with Gasteiger partial charge in [-0.25, -0.2) is 4.79 Å². The molecule has 0 saturated heterocycles. The van der Waals surface area contributed by atoms with Crippen LogP contribution in [0.25, 0.3) is 0 Å². The minimum absolute atomic E-state index is 0.320. The average molecular weight is 177 g/mol. The lowest BCUT2D eigenvalue weighted by Gasteiger charge is -2.00. The van der Waals surface area contributed by atoms with Crippen molar-refractivity contribution in [2.24, 2.45) is 0 Å². The maximum absolute atomic E-state index is 11.2. The summed E-state index contributed by atoms with van der Waals surface area (Å²) in [5, 5.41) is 6.96. The molecule has 0 aliphatic carbocycles. The SMILES string of the molecule is CCOC(=O)c1ccc(C=N)cc1. The summed E-state index contributed by atoms with van der Waals surface area (Å²) in [5.41, 5.74) is 1.29. The number of nitrogens with one attached hydrogen (secondary N) is 1. The Labute approximate surface area is 76.9 Å². The summed E-state index contributed by atoms with van der Waals surface area (Å²) >= 11 is 0. The largest absolute Gasteiger partial charge is 0.462 e. The Bertz CT molecular complexity index is 303. The predicted octanol–water partition coefficient (Wildman–Crippen LogP) is 1.86. The van der Waals surface area contributed by atoms with E-state index >= 15 is 0 Å². The fourth-order valence-corrected chi connectivity index (χ4v) is 0.930. The van der Waals surface area contributed by atoms with Gasteiger partial charge in [-0.15, -0.1) is 0 Å². The molecule has 68 valence electrons. The summed E-state index contributed by atoms with van der Waals surface area (Å²) in [4.78, 5) is 11.2. The Morgan fingerprint density at radius 3 is 2.54 bits per heavy atom. The third-order valence-electron chi connectivity index (χ3n) is 1.59. The van der Waals surface area contributed by atoms with Crippen molar-refractivity contribution in [3.05, 3.63) is 35.4 Å². The number of ether oxygens (including phenoxy) is 1. The van der Waals surface area contributed by atoms with E-state index in [1.54, 1.807) is 31.2 Å². The smallest absolute Gasteiger partial charge is 0.338 e. The number of benzene rings is 1. The highest BCUT2D eigenvalue weighted by atomic mass is 16.5. The lowest BCUT2D eigenvalue weighted by Crippen LogP contribution is -2.04. The summed E-state index contributed by atoms with van der Waals surface area (Å²) in [7, 11) is 0. The lowest BCUT2D eigenvalue weighted by molar-refractivity contribution is 0.0526. The van der Waals surface area contributed by atoms with E-state index in [-0.39, 0.29) is 5.97 Å². The molecular formula is C10H11NO2. The van der Waals surface area contributed by atoms with Crippen LogP contribution in [-0.2, 0) is 4.74 Å². The molecule has 0 heterocycles. The number of carbonyl (C=O) groups excluding carboxylic acids is 1. The van der Waals surface area contributed by atoms with Gasteiger partial charge in [-0.05, 0) is 24.6 Å². The second-order valence-electron chi connectivity index (χ2n) is 2.49. The average Bonchev–Trinajstić information content (AvgIpc) is 2.18. The number of hydrogen-bond donors (Lipinski definition) is 1. The Morgan fingerprint density at radius 2 is 2.08 bits per heavy atom. The summed E-state index contributed by atoms with van der Waals surface area (Å²) in [6, 6.07) is 6.72. The van der Waals surface area contributed by atoms with E-state index < -0.39 is 0 Å². The quantitative estimate of drug-likeness (QED) is 0.566. The topological polar surface area (TPSA) is 50.2 Å². The molecule has 0 fully saturated rings. The fourth-order valence-electron chi connectivity index (χ4n) is 0.930. The normalized spacial score (nSPS) is 9.31. The van der Waals surface area contributed by atoms with Crippen molar-refractivity contribution in [3.63, 3.8) is 0 Å². The molecule has 0 aliphatic rings. The highest BCUT2D eigenvalue weighted by Gasteiger charge is 2.04. The van der Waals surface area contributed by atoms with E-state index in [0.717, 1.165) is 5.56 Å². The first-order chi connectivity index (χ1) is 6.27. The minimum Gasteiger partial charge on any atom is -0.462 e. The van der Waals surface area contributed by atoms with Gasteiger partial charge in [0.25, 0.3) is 0 Å². The number of carbonyl (C=O) groups is 1. The lowest BCUT2D eigenvalue weighted by atomic mass is 10.1. The number of hydrogen-bond acceptors (Lipinski definition) is 3. The molecule has 0 unspecified atom stereocenters. The summed E-state index contributed by atoms with van der Waals surface area (Å²) < 4.78 is 4.81. The van der Waals surface area contributed by atoms with Crippen molar-refractivity contribution in [1.82, 2.24) is 0 Å². The molecule has 1 N–H and O–H groups in total. The van der Waals surface area contributed by atoms with Crippen LogP contribution in [0.4, 0.5) is 0 Å². The molecule has 0 bridgehead atoms. The first kappa shape index (κ1) is 9.45. The highest BCUT2D eigenvalue weighted by molar-refractivity contribution is 5.90. The van der Waals surface area contributed by atoms with Crippen molar-refractivity contribution in [2.45, 2.75) is 6.92 Å². The van der Waals surface area contributed by atoms with Crippen LogP contribution in [0.2, 0.25) is 0 Å². The summed E-state index contributed by atoms with van der Waals surface area (Å²) in [6.07, 6.45) is 1.23. The molecule has 0 atom stereocenters. The van der Waals surface area contributed by atoms with Crippen LogP contribution in [0.1, 0.15) is 22.8 Å². The van der Waals surface area contributed by atoms with Gasteiger partial charge < -0.3 is 10.1 Å². The van der Waals surface area contributed by atoms with Gasteiger partial charge in [0, 0.05) is 6.21 Å². The molecule has 0 saturated carbocycles. The van der Waals surface area contributed by atoms with E-state index in [9.17, 15) is 4.79 Å². The molecule has 0 aliphatic heterocycles. The second-order valence-corrected chi connectivity index (χ2v) is 2.49. The Balaban J connectivity index is 2.79. The Morgan fingerprint density at radius 1 is 1.46 bits per heavy atom. The molecule has 3 nitrogen and oxygen atoms in total. The van der Waals surface area contributed by atoms with Gasteiger partial charge in [0.2, 0.25) is 0 Å². The van der Waals surface area contributed by atoms with Crippen molar-refractivity contribution >= 4 is 12.2 Å². The molecule has 1 aromatic carbocycles. The molecule has 0 amide bonds. The van der Waals surface area contributed by atoms with E-state index in [1.165, 1.54) is 6.21 Å². The first-order valence-corrected chi connectivity index (χ1v) is 4.05. The molecule has 13 heavy (non-hydrogen) atoms. The van der Waals surface area contributed by atoms with Gasteiger partial charge in [0.15, 0.2) is 0 Å². The zero-order valence-corrected chi connectivity index (χ0v) is 7.41. The van der Waals surface area contributed by atoms with Gasteiger partial charge in [-0.3, -0.25) is 0 Å². The zero-order valence-electron chi connectivity index (χ0n) is 7.41. The minimum atomic E-state index is -0.320. The molecule has 0 radical (unpaired) electrons. The van der Waals surface area contributed by atoms with Crippen molar-refractivity contribution < 1.29 is 9.53 Å². The number of esters is 1. The Kier molecular flexibility index (Phi) is 3.20. The van der Waals surface area contributed by atoms with Crippen LogP contribution in [0.3, 0.4) is 0 Å². The van der Waals surface area contributed by atoms with Gasteiger partial charge in [0.05, 0.1) is 12.2 Å². The van der Waals surface area contributed by atoms with Crippen LogP contribution < -0.4 is 0 Å². The van der Waals surface area contributed by atoms with Gasteiger partial charge in [-0.1, -0.05) is 12.1 Å². The molecule has 0 aromatic heterocycles. The van der Waals surface area contributed by atoms with Crippen molar-refractivity contribution in [1.29, 1.82) is 5.41 Å². The molecule has 0 spiro atoms. The highest BCUT2D eigenvalue weighted by Crippen LogP contribution is 2.03. The fraction of sp³-hybridized carbons (Fsp3) is 0.200. The van der Waals surface area contributed by atoms with Crippen molar-refractivity contribution in [2.75, 3.05) is 6.61 Å². The third kappa shape index (κ3) is 2.40. The van der Waals surface area contributed by atoms with Crippen LogP contribution >= 0.6 is 0 Å². The first-order valence-electron chi connectivity index (χ1n) is 4.05. The van der Waals surface area contributed by atoms with Gasteiger partial charge >= 0.3 is 5.97 Å². The van der Waals surface area contributed by atoms with E-state index in [1.807, 2.05) is 0 Å². The maximum Gasteiger partial charge on any atom is 0.338 e. The third-order valence-corrected chi connectivity index (χ3v) is 1.59. The van der Waals surface area contributed by atoms with Gasteiger partial charge in [-0.2, -0.15) is 0 Å². The predicted molar refractivity (Wildman–Crippen MR) is 50.3 cm³/mol. The molecule has 3 heteroatoms. The van der Waals surface area contributed by atoms with Crippen LogP contribution in [-0.4, -0.2) is 18.8 Å². The van der Waals surface area contributed by atoms with E-state index in [4.69, 9.17) is 10.1 Å². The Hall–Kier alpha value is -1.64. The molecule has 1 aromatic rings. The standard InChI is InChI=1S/C10H11NO2/c1-2-13-10(12)9-5-3-8(7-11)4-6-9/h3-7,11H,2H2,1H3. The second kappa shape index (κ2) is 4.40. The molecular weight excluding hydrogens is 166 g/mol. The number of rotatable bonds is 3. The van der Waals surface area contributed by atoms with Gasteiger partial charge in [0.1, 0.15) is 0 Å². The molecule has 1 rings (SSSR count). The zero-order chi connectivity index (χ0) is 9.68. The van der Waals surface area contributed by atoms with Crippen molar-refractivity contribution in [3.8, 4) is 0 Å². The summed E-state index contributed by atoms with van der Waals surface area (Å²) in [5.74, 6) is -0.320. The monoisotopic (exact) mass is 177 g/mol. The van der Waals surface area contributed by atoms with Crippen LogP contribution in [0.5, 0.6) is 0 Å². The van der Waals surface area contributed by atoms with E-state index in [0.29, 0.717) is 12.2 Å². The van der Waals surface area contributed by atoms with Crippen LogP contribution in [0.15, 0.2) is 24.3 Å². The van der Waals surface area contributed by atoms with Crippen LogP contribution in [0, 0.1) is 5.41 Å².